The molecule has 0 amide bonds. The maximum absolute atomic E-state index is 6.18. The van der Waals surface area contributed by atoms with E-state index < -0.39 is 0 Å². The summed E-state index contributed by atoms with van der Waals surface area (Å²) in [5.41, 5.74) is 14.4. The van der Waals surface area contributed by atoms with Gasteiger partial charge in [0.05, 0.1) is 22.1 Å². The number of benzene rings is 9. The molecule has 0 saturated carbocycles. The summed E-state index contributed by atoms with van der Waals surface area (Å²) in [5, 5.41) is 7.23. The lowest BCUT2D eigenvalue weighted by Crippen LogP contribution is -1.94. The number of oxazole rings is 2. The van der Waals surface area contributed by atoms with Gasteiger partial charge in [0.15, 0.2) is 11.2 Å². The molecule has 0 aliphatic carbocycles. The molecule has 5 heterocycles. The van der Waals surface area contributed by atoms with Gasteiger partial charge in [0.25, 0.3) is 0 Å². The molecule has 14 rings (SSSR count). The zero-order valence-electron chi connectivity index (χ0n) is 33.5. The number of thiophene rings is 1. The second-order valence-corrected chi connectivity index (χ2v) is 17.3. The van der Waals surface area contributed by atoms with Gasteiger partial charge in [-0.15, -0.1) is 11.3 Å². The van der Waals surface area contributed by atoms with E-state index in [4.69, 9.17) is 18.8 Å². The Kier molecular flexibility index (Phi) is 7.17. The van der Waals surface area contributed by atoms with E-state index in [-0.39, 0.29) is 0 Å². The number of aromatic nitrogens is 4. The zero-order valence-corrected chi connectivity index (χ0v) is 34.3. The predicted octanol–water partition coefficient (Wildman–Crippen LogP) is 15.5. The SMILES string of the molecule is c1cc(-c2ccc3sc4cc(-n5c6ccccc6c6cc(-c7nc8ccccc8o7)ccc65)ccc4c3c2)cc(-n2c3ccccc3c3cc(-c4nc5ccccc5o4)ccc32)c1. The van der Waals surface area contributed by atoms with Crippen LogP contribution in [0.25, 0.3) is 131 Å². The average Bonchev–Trinajstić information content (AvgIpc) is 4.17. The molecule has 0 aliphatic heterocycles. The Labute approximate surface area is 363 Å². The van der Waals surface area contributed by atoms with Gasteiger partial charge in [0.2, 0.25) is 11.8 Å². The van der Waals surface area contributed by atoms with E-state index in [1.807, 2.05) is 59.9 Å². The molecule has 0 fully saturated rings. The molecule has 0 radical (unpaired) electrons. The highest BCUT2D eigenvalue weighted by Crippen LogP contribution is 2.41. The fraction of sp³-hybridized carbons (Fsp3) is 0. The summed E-state index contributed by atoms with van der Waals surface area (Å²) in [7, 11) is 0. The van der Waals surface area contributed by atoms with Crippen LogP contribution in [0, 0.1) is 0 Å². The average molecular weight is 825 g/mol. The van der Waals surface area contributed by atoms with Crippen molar-refractivity contribution in [1.82, 2.24) is 19.1 Å². The van der Waals surface area contributed by atoms with E-state index in [0.29, 0.717) is 11.8 Å². The third-order valence-corrected chi connectivity index (χ3v) is 13.7. The molecule has 0 spiro atoms. The Balaban J connectivity index is 0.848. The molecule has 9 aromatic carbocycles. The Morgan fingerprint density at radius 3 is 1.49 bits per heavy atom. The summed E-state index contributed by atoms with van der Waals surface area (Å²) in [6.07, 6.45) is 0. The highest BCUT2D eigenvalue weighted by atomic mass is 32.1. The van der Waals surface area contributed by atoms with Crippen molar-refractivity contribution in [3.05, 3.63) is 194 Å². The van der Waals surface area contributed by atoms with Crippen molar-refractivity contribution in [1.29, 1.82) is 0 Å². The summed E-state index contributed by atoms with van der Waals surface area (Å²) in [4.78, 5) is 9.58. The van der Waals surface area contributed by atoms with Gasteiger partial charge in [-0.3, -0.25) is 0 Å². The van der Waals surface area contributed by atoms with Gasteiger partial charge in [-0.2, -0.15) is 0 Å². The number of hydrogen-bond donors (Lipinski definition) is 0. The van der Waals surface area contributed by atoms with Crippen molar-refractivity contribution < 1.29 is 8.83 Å². The first kappa shape index (κ1) is 34.5. The van der Waals surface area contributed by atoms with Crippen molar-refractivity contribution in [2.75, 3.05) is 0 Å². The van der Waals surface area contributed by atoms with Gasteiger partial charge in [0, 0.05) is 64.2 Å². The highest BCUT2D eigenvalue weighted by Gasteiger charge is 2.19. The van der Waals surface area contributed by atoms with E-state index in [0.717, 1.165) is 72.2 Å². The van der Waals surface area contributed by atoms with E-state index in [1.165, 1.54) is 47.5 Å². The minimum Gasteiger partial charge on any atom is -0.436 e. The minimum atomic E-state index is 0.628. The molecule has 5 aromatic heterocycles. The molecule has 0 unspecified atom stereocenters. The normalized spacial score (nSPS) is 12.1. The van der Waals surface area contributed by atoms with Crippen molar-refractivity contribution in [2.24, 2.45) is 0 Å². The van der Waals surface area contributed by atoms with Crippen LogP contribution in [0.15, 0.2) is 203 Å². The smallest absolute Gasteiger partial charge is 0.227 e. The van der Waals surface area contributed by atoms with Gasteiger partial charge in [-0.25, -0.2) is 9.97 Å². The Hall–Kier alpha value is -8.26. The lowest BCUT2D eigenvalue weighted by molar-refractivity contribution is 0.619. The molecular formula is C56H32N4O2S. The van der Waals surface area contributed by atoms with Crippen LogP contribution in [-0.2, 0) is 0 Å². The fourth-order valence-corrected chi connectivity index (χ4v) is 10.8. The first-order valence-corrected chi connectivity index (χ1v) is 21.9. The maximum Gasteiger partial charge on any atom is 0.227 e. The zero-order chi connectivity index (χ0) is 41.2. The number of para-hydroxylation sites is 6. The molecule has 0 saturated heterocycles. The first-order chi connectivity index (χ1) is 31.2. The maximum atomic E-state index is 6.18. The summed E-state index contributed by atoms with van der Waals surface area (Å²) in [5.74, 6) is 1.26. The van der Waals surface area contributed by atoms with Crippen molar-refractivity contribution in [3.8, 4) is 45.4 Å². The molecule has 0 N–H and O–H groups in total. The van der Waals surface area contributed by atoms with E-state index in [9.17, 15) is 0 Å². The van der Waals surface area contributed by atoms with Gasteiger partial charge >= 0.3 is 0 Å². The van der Waals surface area contributed by atoms with Crippen LogP contribution >= 0.6 is 11.3 Å². The quantitative estimate of drug-likeness (QED) is 0.173. The van der Waals surface area contributed by atoms with Crippen LogP contribution < -0.4 is 0 Å². The summed E-state index contributed by atoms with van der Waals surface area (Å²) < 4.78 is 19.6. The van der Waals surface area contributed by atoms with E-state index >= 15 is 0 Å². The van der Waals surface area contributed by atoms with Crippen LogP contribution in [0.5, 0.6) is 0 Å². The Bertz CT molecular complexity index is 4110. The first-order valence-electron chi connectivity index (χ1n) is 21.0. The lowest BCUT2D eigenvalue weighted by atomic mass is 10.0. The van der Waals surface area contributed by atoms with Crippen LogP contribution in [0.4, 0.5) is 0 Å². The van der Waals surface area contributed by atoms with Crippen molar-refractivity contribution >= 4 is 97.3 Å². The van der Waals surface area contributed by atoms with Crippen LogP contribution in [0.3, 0.4) is 0 Å². The molecule has 0 aliphatic rings. The second kappa shape index (κ2) is 13.1. The molecule has 0 atom stereocenters. The molecular weight excluding hydrogens is 793 g/mol. The largest absolute Gasteiger partial charge is 0.436 e. The van der Waals surface area contributed by atoms with Gasteiger partial charge < -0.3 is 18.0 Å². The van der Waals surface area contributed by atoms with Crippen LogP contribution in [0.2, 0.25) is 0 Å². The molecule has 7 heteroatoms. The molecule has 14 aromatic rings. The number of hydrogen-bond acceptors (Lipinski definition) is 5. The standard InChI is InChI=1S/C56H32N4O2S/c1-5-16-47-39(12-1)42-30-35(55-57-45-14-3-7-18-51(45)61-55)20-25-49(42)59(47)37-11-9-10-33(28-37)34-22-27-53-44(29-34)41-24-23-38(32-54(41)63-53)60-48-17-6-2-13-40(48)43-31-36(21-26-50(43)60)56-58-46-15-4-8-19-52(46)62-56/h1-32H. The Morgan fingerprint density at radius 1 is 0.333 bits per heavy atom. The monoisotopic (exact) mass is 824 g/mol. The molecule has 294 valence electrons. The Morgan fingerprint density at radius 2 is 0.857 bits per heavy atom. The number of nitrogens with zero attached hydrogens (tertiary/aromatic N) is 4. The third kappa shape index (κ3) is 5.24. The van der Waals surface area contributed by atoms with Crippen LogP contribution in [-0.4, -0.2) is 19.1 Å². The van der Waals surface area contributed by atoms with Crippen molar-refractivity contribution in [3.63, 3.8) is 0 Å². The second-order valence-electron chi connectivity index (χ2n) is 16.2. The summed E-state index contributed by atoms with van der Waals surface area (Å²) in [6.45, 7) is 0. The fourth-order valence-electron chi connectivity index (χ4n) is 9.67. The molecule has 0 bridgehead atoms. The van der Waals surface area contributed by atoms with Crippen LogP contribution in [0.1, 0.15) is 0 Å². The minimum absolute atomic E-state index is 0.628. The van der Waals surface area contributed by atoms with Gasteiger partial charge in [0.1, 0.15) is 11.0 Å². The number of rotatable bonds is 5. The van der Waals surface area contributed by atoms with E-state index in [2.05, 4.69) is 155 Å². The topological polar surface area (TPSA) is 61.9 Å². The van der Waals surface area contributed by atoms with Gasteiger partial charge in [-0.1, -0.05) is 84.9 Å². The lowest BCUT2D eigenvalue weighted by Gasteiger charge is -2.11. The third-order valence-electron chi connectivity index (χ3n) is 12.6. The predicted molar refractivity (Wildman–Crippen MR) is 259 cm³/mol. The van der Waals surface area contributed by atoms with Gasteiger partial charge in [-0.05, 0) is 120 Å². The molecule has 63 heavy (non-hydrogen) atoms. The summed E-state index contributed by atoms with van der Waals surface area (Å²) in [6, 6.07) is 68.9. The highest BCUT2D eigenvalue weighted by molar-refractivity contribution is 7.25. The van der Waals surface area contributed by atoms with E-state index in [1.54, 1.807) is 0 Å². The molecule has 6 nitrogen and oxygen atoms in total. The number of fused-ring (bicyclic) bond motifs is 11. The van der Waals surface area contributed by atoms with Crippen molar-refractivity contribution in [2.45, 2.75) is 0 Å². The summed E-state index contributed by atoms with van der Waals surface area (Å²) >= 11 is 1.84.